The minimum Gasteiger partial charge on any atom is -0.374 e. The average Bonchev–Trinajstić information content (AvgIpc) is 2.34. The summed E-state index contributed by atoms with van der Waals surface area (Å²) in [5, 5.41) is 3.70. The standard InChI is InChI=1S/C11H19N3O3S2/c1-4-17-8-10-13-9(12-2)7-11(14-10)18-5-6-19(3,15)16/h7H,4-6,8H2,1-3H3,(H,12,13,14). The lowest BCUT2D eigenvalue weighted by atomic mass is 10.5. The monoisotopic (exact) mass is 305 g/mol. The number of nitrogens with zero attached hydrogens (tertiary/aromatic N) is 2. The summed E-state index contributed by atoms with van der Waals surface area (Å²) in [4.78, 5) is 8.60. The molecule has 1 aromatic rings. The summed E-state index contributed by atoms with van der Waals surface area (Å²) in [6, 6.07) is 1.79. The molecule has 0 aliphatic heterocycles. The van der Waals surface area contributed by atoms with E-state index >= 15 is 0 Å². The van der Waals surface area contributed by atoms with Crippen LogP contribution in [0.3, 0.4) is 0 Å². The third-order valence-electron chi connectivity index (χ3n) is 2.14. The Labute approximate surface area is 118 Å². The average molecular weight is 305 g/mol. The molecule has 19 heavy (non-hydrogen) atoms. The topological polar surface area (TPSA) is 81.2 Å². The van der Waals surface area contributed by atoms with E-state index in [1.807, 2.05) is 6.92 Å². The molecule has 8 heteroatoms. The van der Waals surface area contributed by atoms with Crippen LogP contribution in [0.15, 0.2) is 11.1 Å². The van der Waals surface area contributed by atoms with Crippen molar-refractivity contribution in [2.45, 2.75) is 18.6 Å². The van der Waals surface area contributed by atoms with E-state index in [0.29, 0.717) is 30.6 Å². The van der Waals surface area contributed by atoms with E-state index in [9.17, 15) is 8.42 Å². The van der Waals surface area contributed by atoms with E-state index < -0.39 is 9.84 Å². The maximum atomic E-state index is 11.1. The Balaban J connectivity index is 2.70. The molecule has 0 aliphatic carbocycles. The molecule has 0 amide bonds. The van der Waals surface area contributed by atoms with E-state index in [4.69, 9.17) is 4.74 Å². The Bertz CT molecular complexity index is 506. The minimum absolute atomic E-state index is 0.136. The first-order valence-electron chi connectivity index (χ1n) is 5.88. The number of aromatic nitrogens is 2. The number of hydrogen-bond donors (Lipinski definition) is 1. The van der Waals surface area contributed by atoms with Crippen molar-refractivity contribution < 1.29 is 13.2 Å². The van der Waals surface area contributed by atoms with Gasteiger partial charge in [0.2, 0.25) is 0 Å². The van der Waals surface area contributed by atoms with Gasteiger partial charge in [-0.2, -0.15) is 0 Å². The lowest BCUT2D eigenvalue weighted by Gasteiger charge is -2.07. The van der Waals surface area contributed by atoms with Gasteiger partial charge in [0.15, 0.2) is 5.82 Å². The molecule has 0 aromatic carbocycles. The van der Waals surface area contributed by atoms with Gasteiger partial charge in [0.1, 0.15) is 27.3 Å². The number of ether oxygens (including phenoxy) is 1. The van der Waals surface area contributed by atoms with E-state index in [2.05, 4.69) is 15.3 Å². The van der Waals surface area contributed by atoms with Gasteiger partial charge in [-0.1, -0.05) is 0 Å². The number of hydrogen-bond acceptors (Lipinski definition) is 7. The van der Waals surface area contributed by atoms with E-state index in [0.717, 1.165) is 5.03 Å². The van der Waals surface area contributed by atoms with Crippen molar-refractivity contribution in [2.75, 3.05) is 36.7 Å². The summed E-state index contributed by atoms with van der Waals surface area (Å²) in [5.74, 6) is 1.91. The molecule has 1 rings (SSSR count). The normalized spacial score (nSPS) is 11.5. The Morgan fingerprint density at radius 2 is 2.16 bits per heavy atom. The summed E-state index contributed by atoms with van der Waals surface area (Å²) in [6.45, 7) is 2.86. The molecule has 1 heterocycles. The molecule has 0 aliphatic rings. The largest absolute Gasteiger partial charge is 0.374 e. The lowest BCUT2D eigenvalue weighted by Crippen LogP contribution is -2.07. The molecule has 1 aromatic heterocycles. The Morgan fingerprint density at radius 1 is 1.42 bits per heavy atom. The first-order valence-corrected chi connectivity index (χ1v) is 8.93. The molecule has 0 bridgehead atoms. The molecule has 1 N–H and O–H groups in total. The molecule has 0 radical (unpaired) electrons. The van der Waals surface area contributed by atoms with Crippen LogP contribution in [0.5, 0.6) is 0 Å². The van der Waals surface area contributed by atoms with Crippen LogP contribution in [0.25, 0.3) is 0 Å². The summed E-state index contributed by atoms with van der Waals surface area (Å²) in [5.41, 5.74) is 0. The highest BCUT2D eigenvalue weighted by molar-refractivity contribution is 8.00. The molecular formula is C11H19N3O3S2. The smallest absolute Gasteiger partial charge is 0.157 e. The molecular weight excluding hydrogens is 286 g/mol. The van der Waals surface area contributed by atoms with Crippen LogP contribution in [0, 0.1) is 0 Å². The van der Waals surface area contributed by atoms with Crippen LogP contribution >= 0.6 is 11.8 Å². The van der Waals surface area contributed by atoms with Crippen molar-refractivity contribution >= 4 is 27.4 Å². The highest BCUT2D eigenvalue weighted by atomic mass is 32.2. The molecule has 0 spiro atoms. The highest BCUT2D eigenvalue weighted by Crippen LogP contribution is 2.19. The van der Waals surface area contributed by atoms with Gasteiger partial charge < -0.3 is 10.1 Å². The van der Waals surface area contributed by atoms with Gasteiger partial charge in [-0.25, -0.2) is 18.4 Å². The van der Waals surface area contributed by atoms with Crippen molar-refractivity contribution in [3.05, 3.63) is 11.9 Å². The van der Waals surface area contributed by atoms with Crippen LogP contribution < -0.4 is 5.32 Å². The van der Waals surface area contributed by atoms with Crippen molar-refractivity contribution in [3.63, 3.8) is 0 Å². The third kappa shape index (κ3) is 6.74. The van der Waals surface area contributed by atoms with E-state index in [-0.39, 0.29) is 5.75 Å². The van der Waals surface area contributed by atoms with Gasteiger partial charge in [0.05, 0.1) is 5.75 Å². The second-order valence-corrected chi connectivity index (χ2v) is 7.25. The van der Waals surface area contributed by atoms with Crippen molar-refractivity contribution in [3.8, 4) is 0 Å². The molecule has 108 valence electrons. The predicted molar refractivity (Wildman–Crippen MR) is 77.3 cm³/mol. The van der Waals surface area contributed by atoms with Crippen LogP contribution in [-0.4, -0.2) is 49.8 Å². The SMILES string of the molecule is CCOCc1nc(NC)cc(SCCS(C)(=O)=O)n1. The zero-order chi connectivity index (χ0) is 14.3. The Hall–Kier alpha value is -0.860. The van der Waals surface area contributed by atoms with Gasteiger partial charge in [0.25, 0.3) is 0 Å². The minimum atomic E-state index is -2.94. The zero-order valence-corrected chi connectivity index (χ0v) is 13.0. The predicted octanol–water partition coefficient (Wildman–Crippen LogP) is 1.19. The maximum Gasteiger partial charge on any atom is 0.157 e. The Kier molecular flexibility index (Phi) is 6.53. The van der Waals surface area contributed by atoms with Crippen molar-refractivity contribution in [1.82, 2.24) is 9.97 Å². The van der Waals surface area contributed by atoms with E-state index in [1.165, 1.54) is 18.0 Å². The third-order valence-corrected chi connectivity index (χ3v) is 4.26. The quantitative estimate of drug-likeness (QED) is 0.570. The second-order valence-electron chi connectivity index (χ2n) is 3.87. The fourth-order valence-corrected chi connectivity index (χ4v) is 3.35. The molecule has 0 saturated carbocycles. The van der Waals surface area contributed by atoms with Crippen LogP contribution in [-0.2, 0) is 21.2 Å². The van der Waals surface area contributed by atoms with Crippen LogP contribution in [0.1, 0.15) is 12.7 Å². The highest BCUT2D eigenvalue weighted by Gasteiger charge is 2.07. The Morgan fingerprint density at radius 3 is 2.74 bits per heavy atom. The summed E-state index contributed by atoms with van der Waals surface area (Å²) in [7, 11) is -1.16. The van der Waals surface area contributed by atoms with Crippen molar-refractivity contribution in [1.29, 1.82) is 0 Å². The maximum absolute atomic E-state index is 11.1. The number of anilines is 1. The number of thioether (sulfide) groups is 1. The summed E-state index contributed by atoms with van der Waals surface area (Å²) >= 11 is 1.40. The molecule has 0 atom stereocenters. The van der Waals surface area contributed by atoms with E-state index in [1.54, 1.807) is 13.1 Å². The molecule has 0 saturated heterocycles. The molecule has 6 nitrogen and oxygen atoms in total. The first-order chi connectivity index (χ1) is 8.94. The fraction of sp³-hybridized carbons (Fsp3) is 0.636. The van der Waals surface area contributed by atoms with Crippen molar-refractivity contribution in [2.24, 2.45) is 0 Å². The van der Waals surface area contributed by atoms with Gasteiger partial charge in [0, 0.05) is 31.7 Å². The first kappa shape index (κ1) is 16.2. The summed E-state index contributed by atoms with van der Waals surface area (Å²) in [6.07, 6.45) is 1.23. The van der Waals surface area contributed by atoms with Gasteiger partial charge in [-0.15, -0.1) is 11.8 Å². The van der Waals surface area contributed by atoms with Gasteiger partial charge in [-0.3, -0.25) is 0 Å². The van der Waals surface area contributed by atoms with Gasteiger partial charge >= 0.3 is 0 Å². The number of nitrogens with one attached hydrogen (secondary N) is 1. The molecule has 0 unspecified atom stereocenters. The second kappa shape index (κ2) is 7.66. The lowest BCUT2D eigenvalue weighted by molar-refractivity contribution is 0.128. The number of sulfone groups is 1. The summed E-state index contributed by atoms with van der Waals surface area (Å²) < 4.78 is 27.4. The van der Waals surface area contributed by atoms with Crippen LogP contribution in [0.2, 0.25) is 0 Å². The van der Waals surface area contributed by atoms with Crippen LogP contribution in [0.4, 0.5) is 5.82 Å². The van der Waals surface area contributed by atoms with Gasteiger partial charge in [-0.05, 0) is 6.92 Å². The fourth-order valence-electron chi connectivity index (χ4n) is 1.23. The zero-order valence-electron chi connectivity index (χ0n) is 11.3. The number of rotatable bonds is 8. The molecule has 0 fully saturated rings.